The number of hydrogen-bond acceptors (Lipinski definition) is 4. The molecule has 1 spiro atoms. The summed E-state index contributed by atoms with van der Waals surface area (Å²) in [5, 5.41) is 0. The molecule has 2 aliphatic rings. The van der Waals surface area contributed by atoms with E-state index in [0.717, 1.165) is 76.0 Å². The van der Waals surface area contributed by atoms with Gasteiger partial charge in [-0.2, -0.15) is 0 Å². The molecule has 0 radical (unpaired) electrons. The lowest BCUT2D eigenvalue weighted by molar-refractivity contribution is -0.135. The lowest BCUT2D eigenvalue weighted by Gasteiger charge is -2.39. The number of likely N-dealkylation sites (tertiary alicyclic amines) is 2. The van der Waals surface area contributed by atoms with E-state index in [1.54, 1.807) is 0 Å². The van der Waals surface area contributed by atoms with E-state index in [4.69, 9.17) is 9.47 Å². The third-order valence-corrected chi connectivity index (χ3v) is 6.29. The number of amides is 2. The zero-order valence-electron chi connectivity index (χ0n) is 17.8. The Kier molecular flexibility index (Phi) is 7.40. The normalized spacial score (nSPS) is 18.1. The standard InChI is InChI=1S/C23H34N2O4/c1-3-4-7-16-28-22(27)25-15-12-23(18-25)10-13-24(14-11-23)21(26)17-29-20-9-6-5-8-19(20)2/h5-6,8-9H,3-4,7,10-18H2,1-2H3. The minimum Gasteiger partial charge on any atom is -0.484 e. The molecule has 6 nitrogen and oxygen atoms in total. The molecule has 0 bridgehead atoms. The number of carbonyl (C=O) groups is 2. The summed E-state index contributed by atoms with van der Waals surface area (Å²) in [4.78, 5) is 28.6. The van der Waals surface area contributed by atoms with Gasteiger partial charge >= 0.3 is 6.09 Å². The highest BCUT2D eigenvalue weighted by atomic mass is 16.6. The van der Waals surface area contributed by atoms with Crippen molar-refractivity contribution in [2.45, 2.75) is 52.4 Å². The van der Waals surface area contributed by atoms with Crippen molar-refractivity contribution < 1.29 is 19.1 Å². The lowest BCUT2D eigenvalue weighted by Crippen LogP contribution is -2.46. The lowest BCUT2D eigenvalue weighted by atomic mass is 9.78. The van der Waals surface area contributed by atoms with Crippen LogP contribution in [0.2, 0.25) is 0 Å². The molecule has 0 aliphatic carbocycles. The molecule has 3 rings (SSSR count). The summed E-state index contributed by atoms with van der Waals surface area (Å²) in [5.74, 6) is 0.798. The monoisotopic (exact) mass is 402 g/mol. The van der Waals surface area contributed by atoms with Crippen LogP contribution in [0.3, 0.4) is 0 Å². The molecule has 1 aromatic rings. The van der Waals surface area contributed by atoms with E-state index in [0.29, 0.717) is 6.61 Å². The summed E-state index contributed by atoms with van der Waals surface area (Å²) in [5.41, 5.74) is 1.17. The number of aryl methyl sites for hydroxylation is 1. The van der Waals surface area contributed by atoms with Crippen molar-refractivity contribution in [2.24, 2.45) is 5.41 Å². The number of rotatable bonds is 7. The minimum atomic E-state index is -0.178. The number of ether oxygens (including phenoxy) is 2. The van der Waals surface area contributed by atoms with E-state index in [-0.39, 0.29) is 24.0 Å². The number of piperidine rings is 1. The van der Waals surface area contributed by atoms with Crippen LogP contribution < -0.4 is 4.74 Å². The Labute approximate surface area is 174 Å². The van der Waals surface area contributed by atoms with E-state index >= 15 is 0 Å². The van der Waals surface area contributed by atoms with Crippen molar-refractivity contribution in [3.05, 3.63) is 29.8 Å². The van der Waals surface area contributed by atoms with Gasteiger partial charge in [0.25, 0.3) is 5.91 Å². The second kappa shape index (κ2) is 9.99. The molecular weight excluding hydrogens is 368 g/mol. The molecular formula is C23H34N2O4. The number of carbonyl (C=O) groups excluding carboxylic acids is 2. The van der Waals surface area contributed by atoms with Gasteiger partial charge in [-0.1, -0.05) is 38.0 Å². The number of unbranched alkanes of at least 4 members (excludes halogenated alkanes) is 2. The Morgan fingerprint density at radius 3 is 2.41 bits per heavy atom. The molecule has 0 aromatic heterocycles. The summed E-state index contributed by atoms with van der Waals surface area (Å²) in [6.07, 6.45) is 5.83. The van der Waals surface area contributed by atoms with Crippen LogP contribution in [0.1, 0.15) is 51.0 Å². The Hall–Kier alpha value is -2.24. The molecule has 0 N–H and O–H groups in total. The number of hydrogen-bond donors (Lipinski definition) is 0. The van der Waals surface area contributed by atoms with E-state index in [1.165, 1.54) is 0 Å². The Morgan fingerprint density at radius 2 is 1.72 bits per heavy atom. The van der Waals surface area contributed by atoms with Gasteiger partial charge in [0.15, 0.2) is 6.61 Å². The third kappa shape index (κ3) is 5.64. The first-order chi connectivity index (χ1) is 14.0. The molecule has 1 aromatic carbocycles. The summed E-state index contributed by atoms with van der Waals surface area (Å²) >= 11 is 0. The van der Waals surface area contributed by atoms with Crippen LogP contribution in [-0.4, -0.2) is 61.2 Å². The molecule has 0 saturated carbocycles. The fraction of sp³-hybridized carbons (Fsp3) is 0.652. The summed E-state index contributed by atoms with van der Waals surface area (Å²) in [7, 11) is 0. The first-order valence-electron chi connectivity index (χ1n) is 10.9. The molecule has 29 heavy (non-hydrogen) atoms. The summed E-state index contributed by atoms with van der Waals surface area (Å²) in [6.45, 7) is 7.68. The maximum absolute atomic E-state index is 12.5. The second-order valence-electron chi connectivity index (χ2n) is 8.43. The number of para-hydroxylation sites is 1. The highest BCUT2D eigenvalue weighted by molar-refractivity contribution is 5.78. The predicted molar refractivity (Wildman–Crippen MR) is 112 cm³/mol. The van der Waals surface area contributed by atoms with E-state index in [1.807, 2.05) is 41.0 Å². The summed E-state index contributed by atoms with van der Waals surface area (Å²) in [6, 6.07) is 7.74. The molecule has 160 valence electrons. The smallest absolute Gasteiger partial charge is 0.409 e. The number of benzene rings is 1. The minimum absolute atomic E-state index is 0.0355. The van der Waals surface area contributed by atoms with Crippen LogP contribution in [0.4, 0.5) is 4.79 Å². The average Bonchev–Trinajstić information content (AvgIpc) is 3.14. The Morgan fingerprint density at radius 1 is 1.03 bits per heavy atom. The highest BCUT2D eigenvalue weighted by Crippen LogP contribution is 2.40. The van der Waals surface area contributed by atoms with Gasteiger partial charge in [-0.15, -0.1) is 0 Å². The first-order valence-corrected chi connectivity index (χ1v) is 10.9. The molecule has 0 atom stereocenters. The molecule has 2 fully saturated rings. The van der Waals surface area contributed by atoms with Gasteiger partial charge in [-0.3, -0.25) is 4.79 Å². The van der Waals surface area contributed by atoms with Crippen LogP contribution in [0.15, 0.2) is 24.3 Å². The zero-order valence-corrected chi connectivity index (χ0v) is 17.8. The highest BCUT2D eigenvalue weighted by Gasteiger charge is 2.43. The van der Waals surface area contributed by atoms with Gasteiger partial charge in [0.2, 0.25) is 0 Å². The molecule has 6 heteroatoms. The van der Waals surface area contributed by atoms with Gasteiger partial charge in [-0.25, -0.2) is 4.79 Å². The Balaban J connectivity index is 1.41. The van der Waals surface area contributed by atoms with Crippen LogP contribution in [-0.2, 0) is 9.53 Å². The van der Waals surface area contributed by atoms with Crippen LogP contribution >= 0.6 is 0 Å². The van der Waals surface area contributed by atoms with Crippen molar-refractivity contribution >= 4 is 12.0 Å². The van der Waals surface area contributed by atoms with E-state index < -0.39 is 0 Å². The van der Waals surface area contributed by atoms with Crippen molar-refractivity contribution in [1.29, 1.82) is 0 Å². The van der Waals surface area contributed by atoms with Crippen LogP contribution in [0, 0.1) is 12.3 Å². The maximum atomic E-state index is 12.5. The van der Waals surface area contributed by atoms with Gasteiger partial charge in [0.1, 0.15) is 5.75 Å². The van der Waals surface area contributed by atoms with Gasteiger partial charge in [0, 0.05) is 26.2 Å². The van der Waals surface area contributed by atoms with Crippen molar-refractivity contribution in [2.75, 3.05) is 39.4 Å². The fourth-order valence-corrected chi connectivity index (χ4v) is 4.28. The molecule has 2 amide bonds. The topological polar surface area (TPSA) is 59.1 Å². The van der Waals surface area contributed by atoms with Crippen LogP contribution in [0.5, 0.6) is 5.75 Å². The van der Waals surface area contributed by atoms with Crippen molar-refractivity contribution in [3.8, 4) is 5.75 Å². The average molecular weight is 403 g/mol. The van der Waals surface area contributed by atoms with Gasteiger partial charge < -0.3 is 19.3 Å². The SMILES string of the molecule is CCCCCOC(=O)N1CCC2(CCN(C(=O)COc3ccccc3C)CC2)C1. The maximum Gasteiger partial charge on any atom is 0.409 e. The zero-order chi connectivity index (χ0) is 20.7. The largest absolute Gasteiger partial charge is 0.484 e. The molecule has 0 unspecified atom stereocenters. The fourth-order valence-electron chi connectivity index (χ4n) is 4.28. The van der Waals surface area contributed by atoms with Gasteiger partial charge in [-0.05, 0) is 49.7 Å². The predicted octanol–water partition coefficient (Wildman–Crippen LogP) is 4.02. The molecule has 2 heterocycles. The van der Waals surface area contributed by atoms with E-state index in [9.17, 15) is 9.59 Å². The quantitative estimate of drug-likeness (QED) is 0.647. The summed E-state index contributed by atoms with van der Waals surface area (Å²) < 4.78 is 11.1. The van der Waals surface area contributed by atoms with E-state index in [2.05, 4.69) is 6.92 Å². The van der Waals surface area contributed by atoms with Crippen LogP contribution in [0.25, 0.3) is 0 Å². The van der Waals surface area contributed by atoms with Crippen molar-refractivity contribution in [3.63, 3.8) is 0 Å². The molecule has 2 aliphatic heterocycles. The molecule has 2 saturated heterocycles. The second-order valence-corrected chi connectivity index (χ2v) is 8.43. The number of nitrogens with zero attached hydrogens (tertiary/aromatic N) is 2. The first kappa shape index (κ1) is 21.5. The van der Waals surface area contributed by atoms with Gasteiger partial charge in [0.05, 0.1) is 6.61 Å². The third-order valence-electron chi connectivity index (χ3n) is 6.29. The van der Waals surface area contributed by atoms with Crippen molar-refractivity contribution in [1.82, 2.24) is 9.80 Å². The Bertz CT molecular complexity index is 698.